The Balaban J connectivity index is 2.44. The van der Waals surface area contributed by atoms with E-state index in [2.05, 4.69) is 18.8 Å². The van der Waals surface area contributed by atoms with Gasteiger partial charge < -0.3 is 9.47 Å². The molecule has 4 heteroatoms. The van der Waals surface area contributed by atoms with E-state index in [0.29, 0.717) is 12.5 Å². The molecular weight excluding hydrogens is 206 g/mol. The van der Waals surface area contributed by atoms with Crippen molar-refractivity contribution in [1.29, 1.82) is 0 Å². The molecule has 16 heavy (non-hydrogen) atoms. The molecule has 0 spiro atoms. The van der Waals surface area contributed by atoms with E-state index in [1.807, 2.05) is 12.1 Å². The van der Waals surface area contributed by atoms with Crippen LogP contribution in [0.4, 0.5) is 0 Å². The third-order valence-corrected chi connectivity index (χ3v) is 2.57. The van der Waals surface area contributed by atoms with Gasteiger partial charge in [0.1, 0.15) is 0 Å². The number of isocyanates is 1. The molecule has 0 aromatic heterocycles. The van der Waals surface area contributed by atoms with Crippen LogP contribution >= 0.6 is 0 Å². The van der Waals surface area contributed by atoms with Crippen LogP contribution in [0.5, 0.6) is 11.5 Å². The average molecular weight is 219 g/mol. The largest absolute Gasteiger partial charge is 0.454 e. The van der Waals surface area contributed by atoms with Gasteiger partial charge in [0, 0.05) is 0 Å². The number of carbonyl (C=O) groups excluding carboxylic acids is 1. The van der Waals surface area contributed by atoms with Gasteiger partial charge in [-0.2, -0.15) is 0 Å². The lowest BCUT2D eigenvalue weighted by molar-refractivity contribution is 0.174. The molecule has 1 aliphatic rings. The predicted octanol–water partition coefficient (Wildman–Crippen LogP) is 2.37. The molecule has 0 fully saturated rings. The van der Waals surface area contributed by atoms with Crippen molar-refractivity contribution in [1.82, 2.24) is 0 Å². The zero-order valence-electron chi connectivity index (χ0n) is 9.32. The summed E-state index contributed by atoms with van der Waals surface area (Å²) in [6, 6.07) is 3.85. The third-order valence-electron chi connectivity index (χ3n) is 2.57. The van der Waals surface area contributed by atoms with Gasteiger partial charge in [-0.3, -0.25) is 0 Å². The molecule has 0 unspecified atom stereocenters. The lowest BCUT2D eigenvalue weighted by atomic mass is 9.96. The number of ether oxygens (including phenoxy) is 2. The second-order valence-electron chi connectivity index (χ2n) is 3.97. The maximum absolute atomic E-state index is 10.1. The van der Waals surface area contributed by atoms with Crippen molar-refractivity contribution >= 4 is 6.08 Å². The number of hydrogen-bond acceptors (Lipinski definition) is 4. The number of fused-ring (bicyclic) bond motifs is 1. The van der Waals surface area contributed by atoms with Crippen LogP contribution in [0.2, 0.25) is 0 Å². The topological polar surface area (TPSA) is 47.9 Å². The Bertz CT molecular complexity index is 448. The molecule has 1 aromatic rings. The summed E-state index contributed by atoms with van der Waals surface area (Å²) in [5.74, 6) is 1.84. The summed E-state index contributed by atoms with van der Waals surface area (Å²) in [4.78, 5) is 13.8. The summed E-state index contributed by atoms with van der Waals surface area (Å²) in [7, 11) is 0. The summed E-state index contributed by atoms with van der Waals surface area (Å²) >= 11 is 0. The highest BCUT2D eigenvalue weighted by Gasteiger charge is 2.18. The molecule has 4 nitrogen and oxygen atoms in total. The molecule has 1 aliphatic heterocycles. The smallest absolute Gasteiger partial charge is 0.235 e. The average Bonchev–Trinajstić information content (AvgIpc) is 2.71. The molecule has 0 radical (unpaired) electrons. The Morgan fingerprint density at radius 1 is 1.38 bits per heavy atom. The first-order valence-corrected chi connectivity index (χ1v) is 5.18. The second-order valence-corrected chi connectivity index (χ2v) is 3.97. The summed E-state index contributed by atoms with van der Waals surface area (Å²) < 4.78 is 10.6. The van der Waals surface area contributed by atoms with E-state index in [9.17, 15) is 4.79 Å². The molecular formula is C12H13NO3. The van der Waals surface area contributed by atoms with Crippen molar-refractivity contribution < 1.29 is 14.3 Å². The summed E-state index contributed by atoms with van der Waals surface area (Å²) in [6.07, 6.45) is 1.55. The van der Waals surface area contributed by atoms with Crippen molar-refractivity contribution in [3.63, 3.8) is 0 Å². The summed E-state index contributed by atoms with van der Waals surface area (Å²) in [5, 5.41) is 0. The monoisotopic (exact) mass is 219 g/mol. The predicted molar refractivity (Wildman–Crippen MR) is 58.5 cm³/mol. The zero-order chi connectivity index (χ0) is 11.5. The first kappa shape index (κ1) is 10.7. The fraction of sp³-hybridized carbons (Fsp3) is 0.417. The van der Waals surface area contributed by atoms with Gasteiger partial charge in [-0.1, -0.05) is 13.8 Å². The van der Waals surface area contributed by atoms with Crippen LogP contribution in [-0.2, 0) is 11.3 Å². The van der Waals surface area contributed by atoms with Gasteiger partial charge in [0.2, 0.25) is 12.9 Å². The van der Waals surface area contributed by atoms with Gasteiger partial charge in [-0.15, -0.1) is 0 Å². The minimum Gasteiger partial charge on any atom is -0.454 e. The van der Waals surface area contributed by atoms with Crippen LogP contribution in [-0.4, -0.2) is 12.9 Å². The number of hydrogen-bond donors (Lipinski definition) is 0. The Morgan fingerprint density at radius 3 is 2.69 bits per heavy atom. The minimum absolute atomic E-state index is 0.257. The fourth-order valence-corrected chi connectivity index (χ4v) is 1.79. The summed E-state index contributed by atoms with van der Waals surface area (Å²) in [6.45, 7) is 4.78. The van der Waals surface area contributed by atoms with E-state index in [0.717, 1.165) is 22.6 Å². The number of aliphatic imine (C=N–C) groups is 1. The van der Waals surface area contributed by atoms with Crippen molar-refractivity contribution in [2.45, 2.75) is 26.3 Å². The van der Waals surface area contributed by atoms with Gasteiger partial charge in [-0.25, -0.2) is 9.79 Å². The van der Waals surface area contributed by atoms with Crippen LogP contribution in [0, 0.1) is 0 Å². The maximum Gasteiger partial charge on any atom is 0.235 e. The van der Waals surface area contributed by atoms with Crippen LogP contribution in [0.3, 0.4) is 0 Å². The molecule has 0 saturated carbocycles. The Morgan fingerprint density at radius 2 is 2.06 bits per heavy atom. The SMILES string of the molecule is CC(C)c1cc2c(cc1CN=C=O)OCO2. The molecule has 0 saturated heterocycles. The second kappa shape index (κ2) is 4.37. The Hall–Kier alpha value is -1.80. The molecule has 1 aromatic carbocycles. The van der Waals surface area contributed by atoms with Crippen LogP contribution in [0.15, 0.2) is 17.1 Å². The third kappa shape index (κ3) is 1.92. The van der Waals surface area contributed by atoms with Gasteiger partial charge in [0.05, 0.1) is 6.54 Å². The lowest BCUT2D eigenvalue weighted by Gasteiger charge is -2.11. The van der Waals surface area contributed by atoms with E-state index in [-0.39, 0.29) is 6.79 Å². The molecule has 84 valence electrons. The van der Waals surface area contributed by atoms with Crippen molar-refractivity contribution in [2.24, 2.45) is 4.99 Å². The Labute approximate surface area is 93.9 Å². The normalized spacial score (nSPS) is 12.7. The van der Waals surface area contributed by atoms with Gasteiger partial charge in [0.25, 0.3) is 0 Å². The Kier molecular flexibility index (Phi) is 2.93. The first-order valence-electron chi connectivity index (χ1n) is 5.18. The molecule has 0 aliphatic carbocycles. The van der Waals surface area contributed by atoms with Crippen LogP contribution in [0.1, 0.15) is 30.9 Å². The van der Waals surface area contributed by atoms with E-state index in [4.69, 9.17) is 9.47 Å². The highest BCUT2D eigenvalue weighted by molar-refractivity contribution is 5.50. The summed E-state index contributed by atoms with van der Waals surface area (Å²) in [5.41, 5.74) is 2.12. The number of nitrogens with zero attached hydrogens (tertiary/aromatic N) is 1. The molecule has 0 amide bonds. The van der Waals surface area contributed by atoms with Gasteiger partial charge in [0.15, 0.2) is 11.5 Å². The van der Waals surface area contributed by atoms with Crippen LogP contribution < -0.4 is 9.47 Å². The highest BCUT2D eigenvalue weighted by Crippen LogP contribution is 2.37. The molecule has 2 rings (SSSR count). The maximum atomic E-state index is 10.1. The zero-order valence-corrected chi connectivity index (χ0v) is 9.32. The van der Waals surface area contributed by atoms with Gasteiger partial charge >= 0.3 is 0 Å². The van der Waals surface area contributed by atoms with E-state index in [1.54, 1.807) is 6.08 Å². The van der Waals surface area contributed by atoms with E-state index < -0.39 is 0 Å². The van der Waals surface area contributed by atoms with Crippen LogP contribution in [0.25, 0.3) is 0 Å². The van der Waals surface area contributed by atoms with E-state index >= 15 is 0 Å². The lowest BCUT2D eigenvalue weighted by Crippen LogP contribution is -1.95. The van der Waals surface area contributed by atoms with Crippen molar-refractivity contribution in [2.75, 3.05) is 6.79 Å². The molecule has 1 heterocycles. The van der Waals surface area contributed by atoms with Gasteiger partial charge in [-0.05, 0) is 29.2 Å². The molecule has 0 bridgehead atoms. The number of rotatable bonds is 3. The minimum atomic E-state index is 0.257. The first-order chi connectivity index (χ1) is 7.72. The van der Waals surface area contributed by atoms with E-state index in [1.165, 1.54) is 0 Å². The fourth-order valence-electron chi connectivity index (χ4n) is 1.79. The quantitative estimate of drug-likeness (QED) is 0.579. The number of benzene rings is 1. The highest BCUT2D eigenvalue weighted by atomic mass is 16.7. The van der Waals surface area contributed by atoms with Crippen molar-refractivity contribution in [3.8, 4) is 11.5 Å². The molecule has 0 N–H and O–H groups in total. The molecule has 0 atom stereocenters. The standard InChI is InChI=1S/C12H13NO3/c1-8(2)10-4-12-11(15-7-16-12)3-9(10)5-13-6-14/h3-4,8H,5,7H2,1-2H3. The van der Waals surface area contributed by atoms with Crippen molar-refractivity contribution in [3.05, 3.63) is 23.3 Å².